The summed E-state index contributed by atoms with van der Waals surface area (Å²) in [4.78, 5) is 16.5. The average Bonchev–Trinajstić information content (AvgIpc) is 3.32. The van der Waals surface area contributed by atoms with Crippen molar-refractivity contribution in [3.05, 3.63) is 64.6 Å². The van der Waals surface area contributed by atoms with Crippen LogP contribution in [0.3, 0.4) is 0 Å². The molecule has 0 aliphatic heterocycles. The van der Waals surface area contributed by atoms with Gasteiger partial charge in [0.15, 0.2) is 11.5 Å². The Bertz CT molecular complexity index is 1030. The van der Waals surface area contributed by atoms with Crippen LogP contribution < -0.4 is 5.32 Å². The Morgan fingerprint density at radius 1 is 1.17 bits per heavy atom. The van der Waals surface area contributed by atoms with Crippen LogP contribution in [0, 0.1) is 0 Å². The maximum Gasteiger partial charge on any atom is 0.435 e. The fraction of sp³-hybridized carbons (Fsp3) is 0.400. The first-order valence-corrected chi connectivity index (χ1v) is 9.68. The number of hydrogen-bond acceptors (Lipinski definition) is 5. The summed E-state index contributed by atoms with van der Waals surface area (Å²) in [5.41, 5.74) is 0.848. The highest BCUT2D eigenvalue weighted by Crippen LogP contribution is 2.35. The summed E-state index contributed by atoms with van der Waals surface area (Å²) in [6.45, 7) is -0.292. The Morgan fingerprint density at radius 3 is 2.70 bits per heavy atom. The van der Waals surface area contributed by atoms with Gasteiger partial charge in [0.25, 0.3) is 0 Å². The summed E-state index contributed by atoms with van der Waals surface area (Å²) in [5, 5.41) is 10.2. The van der Waals surface area contributed by atoms with Crippen molar-refractivity contribution >= 4 is 5.91 Å². The lowest BCUT2D eigenvalue weighted by molar-refractivity contribution is -0.142. The molecule has 0 radical (unpaired) electrons. The Kier molecular flexibility index (Phi) is 5.56. The number of benzene rings is 1. The number of nitrogens with zero attached hydrogens (tertiary/aromatic N) is 4. The van der Waals surface area contributed by atoms with E-state index in [-0.39, 0.29) is 24.5 Å². The van der Waals surface area contributed by atoms with Crippen LogP contribution in [0.15, 0.2) is 34.9 Å². The van der Waals surface area contributed by atoms with E-state index < -0.39 is 17.8 Å². The van der Waals surface area contributed by atoms with Crippen LogP contribution >= 0.6 is 0 Å². The van der Waals surface area contributed by atoms with Gasteiger partial charge in [0.2, 0.25) is 11.8 Å². The highest BCUT2D eigenvalue weighted by Gasteiger charge is 2.39. The van der Waals surface area contributed by atoms with E-state index >= 15 is 0 Å². The fourth-order valence-corrected chi connectivity index (χ4v) is 3.61. The number of halogens is 3. The molecule has 1 N–H and O–H groups in total. The topological polar surface area (TPSA) is 85.8 Å². The lowest BCUT2D eigenvalue weighted by Crippen LogP contribution is -2.28. The molecule has 4 rings (SSSR count). The van der Waals surface area contributed by atoms with Gasteiger partial charge in [-0.15, -0.1) is 0 Å². The molecule has 30 heavy (non-hydrogen) atoms. The number of aromatic nitrogens is 4. The zero-order valence-corrected chi connectivity index (χ0v) is 16.1. The van der Waals surface area contributed by atoms with E-state index in [2.05, 4.69) is 20.6 Å². The second kappa shape index (κ2) is 8.29. The van der Waals surface area contributed by atoms with Crippen LogP contribution in [0.4, 0.5) is 13.2 Å². The van der Waals surface area contributed by atoms with Crippen molar-refractivity contribution in [2.75, 3.05) is 0 Å². The van der Waals surface area contributed by atoms with Crippen LogP contribution in [-0.2, 0) is 43.3 Å². The van der Waals surface area contributed by atoms with Gasteiger partial charge in [-0.05, 0) is 31.2 Å². The van der Waals surface area contributed by atoms with Crippen LogP contribution in [0.5, 0.6) is 0 Å². The predicted molar refractivity (Wildman–Crippen MR) is 99.3 cm³/mol. The molecule has 3 aromatic rings. The molecular weight excluding hydrogens is 399 g/mol. The summed E-state index contributed by atoms with van der Waals surface area (Å²) in [6.07, 6.45) is -1.74. The zero-order valence-electron chi connectivity index (χ0n) is 16.1. The maximum absolute atomic E-state index is 13.3. The number of fused-ring (bicyclic) bond motifs is 1. The summed E-state index contributed by atoms with van der Waals surface area (Å²) in [6, 6.07) is 9.62. The standard InChI is InChI=1S/C20H20F3N5O2/c21-20(22,23)19-14-8-4-5-9-15(14)28(26-19)12-17(29)24-11-18-25-16(27-30-18)10-13-6-2-1-3-7-13/h1-3,6-7H,4-5,8-12H2,(H,24,29). The lowest BCUT2D eigenvalue weighted by Gasteiger charge is -2.14. The Labute approximate surface area is 170 Å². The number of carbonyl (C=O) groups excluding carboxylic acids is 1. The molecule has 2 aromatic heterocycles. The fourth-order valence-electron chi connectivity index (χ4n) is 3.61. The summed E-state index contributed by atoms with van der Waals surface area (Å²) in [7, 11) is 0. The van der Waals surface area contributed by atoms with Gasteiger partial charge in [-0.25, -0.2) is 0 Å². The second-order valence-corrected chi connectivity index (χ2v) is 7.18. The van der Waals surface area contributed by atoms with E-state index in [0.29, 0.717) is 37.2 Å². The minimum Gasteiger partial charge on any atom is -0.345 e. The Morgan fingerprint density at radius 2 is 1.93 bits per heavy atom. The van der Waals surface area contributed by atoms with Gasteiger partial charge in [0, 0.05) is 17.7 Å². The summed E-state index contributed by atoms with van der Waals surface area (Å²) < 4.78 is 46.0. The van der Waals surface area contributed by atoms with E-state index in [0.717, 1.165) is 12.0 Å². The number of alkyl halides is 3. The maximum atomic E-state index is 13.3. The van der Waals surface area contributed by atoms with Crippen LogP contribution in [0.2, 0.25) is 0 Å². The number of nitrogens with one attached hydrogen (secondary N) is 1. The predicted octanol–water partition coefficient (Wildman–Crippen LogP) is 3.07. The normalized spacial score (nSPS) is 13.8. The molecule has 0 fully saturated rings. The number of amides is 1. The summed E-state index contributed by atoms with van der Waals surface area (Å²) in [5.74, 6) is 0.247. The molecule has 1 aliphatic rings. The molecule has 0 spiro atoms. The van der Waals surface area contributed by atoms with Crippen molar-refractivity contribution in [1.29, 1.82) is 0 Å². The molecule has 0 bridgehead atoms. The van der Waals surface area contributed by atoms with Gasteiger partial charge in [0.1, 0.15) is 6.54 Å². The van der Waals surface area contributed by atoms with Crippen LogP contribution in [0.1, 0.15) is 47.1 Å². The molecule has 7 nitrogen and oxygen atoms in total. The third kappa shape index (κ3) is 4.52. The van der Waals surface area contributed by atoms with E-state index in [1.54, 1.807) is 0 Å². The molecule has 1 aromatic carbocycles. The highest BCUT2D eigenvalue weighted by molar-refractivity contribution is 5.75. The minimum atomic E-state index is -4.53. The number of rotatable bonds is 6. The number of hydrogen-bond donors (Lipinski definition) is 1. The minimum absolute atomic E-state index is 0.00376. The summed E-state index contributed by atoms with van der Waals surface area (Å²) >= 11 is 0. The molecule has 1 aliphatic carbocycles. The largest absolute Gasteiger partial charge is 0.435 e. The van der Waals surface area contributed by atoms with Crippen molar-refractivity contribution in [1.82, 2.24) is 25.2 Å². The van der Waals surface area contributed by atoms with Gasteiger partial charge < -0.3 is 9.84 Å². The molecular formula is C20H20F3N5O2. The molecule has 0 atom stereocenters. The third-order valence-corrected chi connectivity index (χ3v) is 4.97. The van der Waals surface area contributed by atoms with Gasteiger partial charge in [0.05, 0.1) is 6.54 Å². The Hall–Kier alpha value is -3.17. The van der Waals surface area contributed by atoms with Crippen LogP contribution in [0.25, 0.3) is 0 Å². The first-order chi connectivity index (χ1) is 14.4. The lowest BCUT2D eigenvalue weighted by atomic mass is 9.95. The van der Waals surface area contributed by atoms with E-state index in [1.165, 1.54) is 4.68 Å². The number of carbonyl (C=O) groups is 1. The SMILES string of the molecule is O=C(Cn1nc(C(F)(F)F)c2c1CCCC2)NCc1nc(Cc2ccccc2)no1. The molecule has 0 saturated carbocycles. The molecule has 0 saturated heterocycles. The molecule has 0 unspecified atom stereocenters. The molecule has 158 valence electrons. The average molecular weight is 419 g/mol. The van der Waals surface area contributed by atoms with Crippen molar-refractivity contribution in [3.63, 3.8) is 0 Å². The van der Waals surface area contributed by atoms with E-state index in [1.807, 2.05) is 30.3 Å². The van der Waals surface area contributed by atoms with Gasteiger partial charge >= 0.3 is 6.18 Å². The Balaban J connectivity index is 1.37. The van der Waals surface area contributed by atoms with Gasteiger partial charge in [-0.3, -0.25) is 9.48 Å². The molecule has 1 amide bonds. The zero-order chi connectivity index (χ0) is 21.1. The van der Waals surface area contributed by atoms with E-state index in [9.17, 15) is 18.0 Å². The second-order valence-electron chi connectivity index (χ2n) is 7.18. The van der Waals surface area contributed by atoms with Crippen molar-refractivity contribution in [2.45, 2.75) is 51.4 Å². The van der Waals surface area contributed by atoms with Crippen molar-refractivity contribution in [3.8, 4) is 0 Å². The highest BCUT2D eigenvalue weighted by atomic mass is 19.4. The molecule has 2 heterocycles. The van der Waals surface area contributed by atoms with Gasteiger partial charge in [-0.2, -0.15) is 23.3 Å². The van der Waals surface area contributed by atoms with Crippen molar-refractivity contribution < 1.29 is 22.5 Å². The van der Waals surface area contributed by atoms with Gasteiger partial charge in [-0.1, -0.05) is 35.5 Å². The van der Waals surface area contributed by atoms with Crippen LogP contribution in [-0.4, -0.2) is 25.8 Å². The smallest absolute Gasteiger partial charge is 0.345 e. The monoisotopic (exact) mass is 419 g/mol. The van der Waals surface area contributed by atoms with Crippen molar-refractivity contribution in [2.24, 2.45) is 0 Å². The first kappa shape index (κ1) is 20.1. The quantitative estimate of drug-likeness (QED) is 0.664. The molecule has 10 heteroatoms. The third-order valence-electron chi connectivity index (χ3n) is 4.97. The van der Waals surface area contributed by atoms with E-state index in [4.69, 9.17) is 4.52 Å². The first-order valence-electron chi connectivity index (χ1n) is 9.68.